The molecule has 3 rings (SSSR count). The number of imidazole rings is 1. The van der Waals surface area contributed by atoms with Gasteiger partial charge in [0.05, 0.1) is 19.8 Å². The van der Waals surface area contributed by atoms with E-state index in [1.165, 1.54) is 0 Å². The fraction of sp³-hybridized carbons (Fsp3) is 0.118. The van der Waals surface area contributed by atoms with Crippen molar-refractivity contribution in [3.05, 3.63) is 42.7 Å². The van der Waals surface area contributed by atoms with Gasteiger partial charge >= 0.3 is 11.9 Å². The van der Waals surface area contributed by atoms with Crippen LogP contribution in [-0.4, -0.2) is 56.3 Å². The van der Waals surface area contributed by atoms with Crippen molar-refractivity contribution in [1.82, 2.24) is 19.9 Å². The molecule has 0 saturated carbocycles. The fourth-order valence-electron chi connectivity index (χ4n) is 2.01. The van der Waals surface area contributed by atoms with Gasteiger partial charge in [-0.2, -0.15) is 0 Å². The Balaban J connectivity index is 0.000000279. The van der Waals surface area contributed by atoms with Crippen LogP contribution >= 0.6 is 0 Å². The Morgan fingerprint density at radius 2 is 1.70 bits per heavy atom. The SMILES string of the molecule is COc1ccc(-c2nc3nccnc3[nH]2)c(OC)c1.O=C(O)/C=C/C(=O)O. The fourth-order valence-corrected chi connectivity index (χ4v) is 2.01. The second-order valence-corrected chi connectivity index (χ2v) is 4.89. The summed E-state index contributed by atoms with van der Waals surface area (Å²) in [6.07, 6.45) is 4.35. The maximum Gasteiger partial charge on any atom is 0.328 e. The number of aromatic nitrogens is 4. The minimum absolute atomic E-state index is 0.558. The minimum atomic E-state index is -1.26. The van der Waals surface area contributed by atoms with E-state index in [0.717, 1.165) is 11.3 Å². The van der Waals surface area contributed by atoms with E-state index < -0.39 is 11.9 Å². The first kappa shape index (κ1) is 19.4. The smallest absolute Gasteiger partial charge is 0.328 e. The summed E-state index contributed by atoms with van der Waals surface area (Å²) in [7, 11) is 3.22. The average molecular weight is 372 g/mol. The Morgan fingerprint density at radius 3 is 2.26 bits per heavy atom. The van der Waals surface area contributed by atoms with Crippen molar-refractivity contribution >= 4 is 23.2 Å². The third-order valence-corrected chi connectivity index (χ3v) is 3.17. The second-order valence-electron chi connectivity index (χ2n) is 4.89. The van der Waals surface area contributed by atoms with Gasteiger partial charge in [0.15, 0.2) is 11.3 Å². The van der Waals surface area contributed by atoms with E-state index in [9.17, 15) is 9.59 Å². The Kier molecular flexibility index (Phi) is 6.42. The third kappa shape index (κ3) is 5.26. The second kappa shape index (κ2) is 8.94. The zero-order valence-corrected chi connectivity index (χ0v) is 14.4. The maximum atomic E-state index is 9.55. The molecule has 3 N–H and O–H groups in total. The highest BCUT2D eigenvalue weighted by Gasteiger charge is 2.12. The minimum Gasteiger partial charge on any atom is -0.497 e. The number of aliphatic carboxylic acids is 2. The molecule has 3 aromatic rings. The number of carboxylic acids is 2. The predicted octanol–water partition coefficient (Wildman–Crippen LogP) is 1.75. The topological polar surface area (TPSA) is 148 Å². The molecule has 140 valence electrons. The molecule has 0 atom stereocenters. The van der Waals surface area contributed by atoms with E-state index in [1.54, 1.807) is 26.6 Å². The monoisotopic (exact) mass is 372 g/mol. The van der Waals surface area contributed by atoms with Crippen molar-refractivity contribution in [1.29, 1.82) is 0 Å². The summed E-state index contributed by atoms with van der Waals surface area (Å²) < 4.78 is 10.5. The highest BCUT2D eigenvalue weighted by atomic mass is 16.5. The molecular formula is C17H16N4O6. The van der Waals surface area contributed by atoms with Crippen LogP contribution in [0.25, 0.3) is 22.7 Å². The summed E-state index contributed by atoms with van der Waals surface area (Å²) in [6.45, 7) is 0. The van der Waals surface area contributed by atoms with E-state index in [1.807, 2.05) is 18.2 Å². The predicted molar refractivity (Wildman–Crippen MR) is 94.6 cm³/mol. The molecule has 1 aromatic carbocycles. The first-order valence-electron chi connectivity index (χ1n) is 7.47. The van der Waals surface area contributed by atoms with E-state index in [4.69, 9.17) is 19.7 Å². The molecule has 0 fully saturated rings. The summed E-state index contributed by atoms with van der Waals surface area (Å²) in [5, 5.41) is 15.6. The summed E-state index contributed by atoms with van der Waals surface area (Å²) in [6, 6.07) is 5.55. The van der Waals surface area contributed by atoms with Gasteiger partial charge in [-0.15, -0.1) is 0 Å². The van der Waals surface area contributed by atoms with Crippen molar-refractivity contribution < 1.29 is 29.3 Å². The van der Waals surface area contributed by atoms with Gasteiger partial charge < -0.3 is 24.7 Å². The molecule has 10 nitrogen and oxygen atoms in total. The number of nitrogens with one attached hydrogen (secondary N) is 1. The van der Waals surface area contributed by atoms with Gasteiger partial charge in [0.1, 0.15) is 17.3 Å². The summed E-state index contributed by atoms with van der Waals surface area (Å²) >= 11 is 0. The number of hydrogen-bond donors (Lipinski definition) is 3. The Bertz CT molecular complexity index is 933. The summed E-state index contributed by atoms with van der Waals surface area (Å²) in [5.41, 5.74) is 2.06. The quantitative estimate of drug-likeness (QED) is 0.570. The molecule has 0 aliphatic carbocycles. The molecule has 0 unspecified atom stereocenters. The van der Waals surface area contributed by atoms with Crippen LogP contribution in [0.4, 0.5) is 0 Å². The molecule has 10 heteroatoms. The zero-order valence-electron chi connectivity index (χ0n) is 14.4. The number of nitrogens with zero attached hydrogens (tertiary/aromatic N) is 3. The van der Waals surface area contributed by atoms with Crippen LogP contribution in [0.3, 0.4) is 0 Å². The largest absolute Gasteiger partial charge is 0.497 e. The average Bonchev–Trinajstić information content (AvgIpc) is 3.10. The highest BCUT2D eigenvalue weighted by molar-refractivity contribution is 5.89. The first-order valence-corrected chi connectivity index (χ1v) is 7.47. The Labute approximate surface area is 153 Å². The summed E-state index contributed by atoms with van der Waals surface area (Å²) in [5.74, 6) is -0.438. The number of ether oxygens (including phenoxy) is 2. The summed E-state index contributed by atoms with van der Waals surface area (Å²) in [4.78, 5) is 34.9. The van der Waals surface area contributed by atoms with Crippen molar-refractivity contribution in [2.75, 3.05) is 14.2 Å². The highest BCUT2D eigenvalue weighted by Crippen LogP contribution is 2.32. The van der Waals surface area contributed by atoms with Crippen LogP contribution in [0.2, 0.25) is 0 Å². The lowest BCUT2D eigenvalue weighted by atomic mass is 10.2. The van der Waals surface area contributed by atoms with Gasteiger partial charge in [-0.3, -0.25) is 0 Å². The van der Waals surface area contributed by atoms with Crippen molar-refractivity contribution in [3.63, 3.8) is 0 Å². The number of H-pyrrole nitrogens is 1. The molecule has 0 aliphatic rings. The zero-order chi connectivity index (χ0) is 19.8. The number of fused-ring (bicyclic) bond motifs is 1. The Hall–Kier alpha value is -3.95. The molecule has 27 heavy (non-hydrogen) atoms. The maximum absolute atomic E-state index is 9.55. The van der Waals surface area contributed by atoms with E-state index in [2.05, 4.69) is 19.9 Å². The Morgan fingerprint density at radius 1 is 1.04 bits per heavy atom. The lowest BCUT2D eigenvalue weighted by Crippen LogP contribution is -1.91. The number of hydrogen-bond acceptors (Lipinski definition) is 7. The van der Waals surface area contributed by atoms with Gasteiger partial charge in [-0.05, 0) is 12.1 Å². The lowest BCUT2D eigenvalue weighted by Gasteiger charge is -2.08. The third-order valence-electron chi connectivity index (χ3n) is 3.17. The number of carbonyl (C=O) groups is 2. The lowest BCUT2D eigenvalue weighted by molar-refractivity contribution is -0.134. The number of benzene rings is 1. The standard InChI is InChI=1S/C13H12N4O2.C4H4O4/c1-18-8-3-4-9(10(7-8)19-2)11-16-12-13(17-11)15-6-5-14-12;5-3(6)1-2-4(7)8/h3-7H,1-2H3,(H,14,15,16,17);1-2H,(H,5,6)(H,7,8)/b;2-1+. The van der Waals surface area contributed by atoms with Crippen LogP contribution in [0.1, 0.15) is 0 Å². The molecule has 0 saturated heterocycles. The van der Waals surface area contributed by atoms with Gasteiger partial charge in [0.2, 0.25) is 0 Å². The molecule has 0 aliphatic heterocycles. The normalized spacial score (nSPS) is 10.3. The van der Waals surface area contributed by atoms with Crippen molar-refractivity contribution in [2.24, 2.45) is 0 Å². The van der Waals surface area contributed by atoms with Gasteiger partial charge in [-0.25, -0.2) is 24.5 Å². The van der Waals surface area contributed by atoms with E-state index in [0.29, 0.717) is 35.0 Å². The van der Waals surface area contributed by atoms with Gasteiger partial charge in [-0.1, -0.05) is 0 Å². The number of aromatic amines is 1. The molecular weight excluding hydrogens is 356 g/mol. The van der Waals surface area contributed by atoms with Crippen LogP contribution in [0.5, 0.6) is 11.5 Å². The molecule has 0 spiro atoms. The molecule has 0 amide bonds. The molecule has 2 heterocycles. The number of methoxy groups -OCH3 is 2. The van der Waals surface area contributed by atoms with Crippen molar-refractivity contribution in [2.45, 2.75) is 0 Å². The van der Waals surface area contributed by atoms with Crippen LogP contribution < -0.4 is 9.47 Å². The van der Waals surface area contributed by atoms with Crippen molar-refractivity contribution in [3.8, 4) is 22.9 Å². The van der Waals surface area contributed by atoms with E-state index in [-0.39, 0.29) is 0 Å². The van der Waals surface area contributed by atoms with Crippen LogP contribution in [0, 0.1) is 0 Å². The first-order chi connectivity index (χ1) is 12.9. The van der Waals surface area contributed by atoms with Gasteiger partial charge in [0.25, 0.3) is 0 Å². The number of rotatable bonds is 5. The van der Waals surface area contributed by atoms with Crippen LogP contribution in [-0.2, 0) is 9.59 Å². The molecule has 0 radical (unpaired) electrons. The van der Waals surface area contributed by atoms with E-state index >= 15 is 0 Å². The molecule has 0 bridgehead atoms. The molecule has 2 aromatic heterocycles. The number of carboxylic acid groups (broad SMARTS) is 2. The van der Waals surface area contributed by atoms with Crippen LogP contribution in [0.15, 0.2) is 42.7 Å². The van der Waals surface area contributed by atoms with Gasteiger partial charge in [0, 0.05) is 30.6 Å².